The van der Waals surface area contributed by atoms with Crippen LogP contribution in [0, 0.1) is 11.8 Å². The summed E-state index contributed by atoms with van der Waals surface area (Å²) in [7, 11) is 0. The zero-order chi connectivity index (χ0) is 15.0. The van der Waals surface area contributed by atoms with Gasteiger partial charge in [-0.05, 0) is 31.1 Å². The molecular weight excluding hydrogens is 288 g/mol. The molecule has 0 radical (unpaired) electrons. The summed E-state index contributed by atoms with van der Waals surface area (Å²) in [4.78, 5) is 13.1. The van der Waals surface area contributed by atoms with Crippen LogP contribution in [0.1, 0.15) is 39.2 Å². The van der Waals surface area contributed by atoms with Crippen molar-refractivity contribution in [3.8, 4) is 0 Å². The molecule has 1 N–H and O–H groups in total. The molecule has 2 fully saturated rings. The van der Waals surface area contributed by atoms with Gasteiger partial charge >= 0.3 is 5.97 Å². The third-order valence-corrected chi connectivity index (χ3v) is 5.43. The number of carboxylic acid groups (broad SMARTS) is 1. The number of hydrogen-bond acceptors (Lipinski definition) is 5. The Hall–Kier alpha value is -1.24. The molecule has 0 bridgehead atoms. The van der Waals surface area contributed by atoms with E-state index < -0.39 is 5.97 Å². The Balaban J connectivity index is 1.80. The predicted octanol–water partition coefficient (Wildman–Crippen LogP) is 2.27. The van der Waals surface area contributed by atoms with Crippen LogP contribution in [-0.2, 0) is 4.79 Å². The molecule has 2 atom stereocenters. The molecular formula is C14H22N4O2S. The molecule has 2 aliphatic rings. The maximum atomic E-state index is 10.8. The Bertz CT molecular complexity index is 529. The molecule has 3 rings (SSSR count). The van der Waals surface area contributed by atoms with E-state index in [4.69, 9.17) is 5.11 Å². The van der Waals surface area contributed by atoms with E-state index in [0.29, 0.717) is 12.0 Å². The summed E-state index contributed by atoms with van der Waals surface area (Å²) < 4.78 is 2.16. The predicted molar refractivity (Wildman–Crippen MR) is 81.8 cm³/mol. The fourth-order valence-electron chi connectivity index (χ4n) is 2.81. The Morgan fingerprint density at radius 2 is 2.05 bits per heavy atom. The number of rotatable bonds is 5. The first-order valence-electron chi connectivity index (χ1n) is 7.60. The summed E-state index contributed by atoms with van der Waals surface area (Å²) in [5.41, 5.74) is 0. The molecule has 1 saturated heterocycles. The van der Waals surface area contributed by atoms with Gasteiger partial charge in [0.25, 0.3) is 0 Å². The van der Waals surface area contributed by atoms with Crippen LogP contribution in [0.15, 0.2) is 5.16 Å². The number of piperidine rings is 1. The quantitative estimate of drug-likeness (QED) is 0.841. The first-order valence-corrected chi connectivity index (χ1v) is 8.59. The lowest BCUT2D eigenvalue weighted by Crippen LogP contribution is -2.39. The molecule has 1 saturated carbocycles. The third-order valence-electron chi connectivity index (χ3n) is 4.50. The number of hydrogen-bond donors (Lipinski definition) is 1. The zero-order valence-corrected chi connectivity index (χ0v) is 13.3. The van der Waals surface area contributed by atoms with E-state index in [9.17, 15) is 4.79 Å². The Morgan fingerprint density at radius 3 is 2.67 bits per heavy atom. The van der Waals surface area contributed by atoms with E-state index in [0.717, 1.165) is 43.0 Å². The number of anilines is 1. The normalized spacial score (nSPS) is 26.1. The summed E-state index contributed by atoms with van der Waals surface area (Å²) >= 11 is 1.27. The average molecular weight is 310 g/mol. The standard InChI is InChI=1S/C14H22N4O2S/c1-9-5-6-17(7-10(9)2)13-15-16-14(21-8-12(19)20)18(13)11-3-4-11/h9-11H,3-8H2,1-2H3,(H,19,20). The van der Waals surface area contributed by atoms with Crippen molar-refractivity contribution in [1.82, 2.24) is 14.8 Å². The topological polar surface area (TPSA) is 71.2 Å². The van der Waals surface area contributed by atoms with Gasteiger partial charge < -0.3 is 10.0 Å². The fraction of sp³-hybridized carbons (Fsp3) is 0.786. The van der Waals surface area contributed by atoms with Gasteiger partial charge in [-0.1, -0.05) is 25.6 Å². The van der Waals surface area contributed by atoms with Crippen LogP contribution in [0.25, 0.3) is 0 Å². The van der Waals surface area contributed by atoms with Gasteiger partial charge in [0.05, 0.1) is 5.75 Å². The van der Waals surface area contributed by atoms with E-state index in [1.165, 1.54) is 18.2 Å². The number of thioether (sulfide) groups is 1. The SMILES string of the molecule is CC1CCN(c2nnc(SCC(=O)O)n2C2CC2)CC1C. The van der Waals surface area contributed by atoms with E-state index in [1.807, 2.05) is 0 Å². The molecule has 0 aromatic carbocycles. The van der Waals surface area contributed by atoms with E-state index >= 15 is 0 Å². The molecule has 0 amide bonds. The van der Waals surface area contributed by atoms with Gasteiger partial charge in [0.15, 0.2) is 5.16 Å². The lowest BCUT2D eigenvalue weighted by atomic mass is 9.89. The van der Waals surface area contributed by atoms with Gasteiger partial charge in [0, 0.05) is 19.1 Å². The van der Waals surface area contributed by atoms with E-state index in [1.54, 1.807) is 0 Å². The molecule has 1 aromatic rings. The third kappa shape index (κ3) is 3.17. The molecule has 2 unspecified atom stereocenters. The molecule has 116 valence electrons. The van der Waals surface area contributed by atoms with Gasteiger partial charge in [-0.25, -0.2) is 0 Å². The number of carbonyl (C=O) groups is 1. The Labute approximate surface area is 128 Å². The average Bonchev–Trinajstić information content (AvgIpc) is 3.19. The molecule has 1 aliphatic carbocycles. The summed E-state index contributed by atoms with van der Waals surface area (Å²) in [5.74, 6) is 1.56. The first kappa shape index (κ1) is 14.7. The maximum absolute atomic E-state index is 10.8. The number of carboxylic acids is 1. The highest BCUT2D eigenvalue weighted by Crippen LogP contribution is 2.41. The van der Waals surface area contributed by atoms with Crippen LogP contribution in [0.3, 0.4) is 0 Å². The van der Waals surface area contributed by atoms with Crippen molar-refractivity contribution in [3.63, 3.8) is 0 Å². The first-order chi connectivity index (χ1) is 10.1. The molecule has 6 nitrogen and oxygen atoms in total. The minimum absolute atomic E-state index is 0.0400. The lowest BCUT2D eigenvalue weighted by molar-refractivity contribution is -0.133. The highest BCUT2D eigenvalue weighted by atomic mass is 32.2. The van der Waals surface area contributed by atoms with Crippen LogP contribution in [0.4, 0.5) is 5.95 Å². The summed E-state index contributed by atoms with van der Waals surface area (Å²) in [6.07, 6.45) is 3.47. The van der Waals surface area contributed by atoms with Crippen molar-refractivity contribution in [1.29, 1.82) is 0 Å². The second kappa shape index (κ2) is 5.87. The molecule has 7 heteroatoms. The summed E-state index contributed by atoms with van der Waals surface area (Å²) in [5, 5.41) is 18.2. The minimum Gasteiger partial charge on any atom is -0.481 e. The number of aliphatic carboxylic acids is 1. The minimum atomic E-state index is -0.813. The summed E-state index contributed by atoms with van der Waals surface area (Å²) in [6.45, 7) is 6.62. The van der Waals surface area contributed by atoms with Crippen LogP contribution >= 0.6 is 11.8 Å². The molecule has 21 heavy (non-hydrogen) atoms. The number of nitrogens with zero attached hydrogens (tertiary/aromatic N) is 4. The van der Waals surface area contributed by atoms with Gasteiger partial charge in [0.1, 0.15) is 0 Å². The van der Waals surface area contributed by atoms with Crippen LogP contribution in [0.2, 0.25) is 0 Å². The maximum Gasteiger partial charge on any atom is 0.313 e. The smallest absolute Gasteiger partial charge is 0.313 e. The Morgan fingerprint density at radius 1 is 1.29 bits per heavy atom. The lowest BCUT2D eigenvalue weighted by Gasteiger charge is -2.35. The molecule has 2 heterocycles. The zero-order valence-electron chi connectivity index (χ0n) is 12.5. The largest absolute Gasteiger partial charge is 0.481 e. The molecule has 1 aliphatic heterocycles. The Kier molecular flexibility index (Phi) is 4.10. The molecule has 0 spiro atoms. The highest BCUT2D eigenvalue weighted by Gasteiger charge is 2.33. The highest BCUT2D eigenvalue weighted by molar-refractivity contribution is 7.99. The number of aromatic nitrogens is 3. The van der Waals surface area contributed by atoms with Crippen molar-refractivity contribution >= 4 is 23.7 Å². The van der Waals surface area contributed by atoms with Crippen LogP contribution < -0.4 is 4.90 Å². The van der Waals surface area contributed by atoms with Crippen LogP contribution in [-0.4, -0.2) is 44.7 Å². The van der Waals surface area contributed by atoms with Crippen molar-refractivity contribution < 1.29 is 9.90 Å². The van der Waals surface area contributed by atoms with Gasteiger partial charge in [0.2, 0.25) is 5.95 Å². The van der Waals surface area contributed by atoms with Gasteiger partial charge in [-0.15, -0.1) is 10.2 Å². The van der Waals surface area contributed by atoms with Gasteiger partial charge in [-0.3, -0.25) is 9.36 Å². The van der Waals surface area contributed by atoms with E-state index in [2.05, 4.69) is 33.5 Å². The summed E-state index contributed by atoms with van der Waals surface area (Å²) in [6, 6.07) is 0.459. The second-order valence-corrected chi connectivity index (χ2v) is 7.20. The molecule has 1 aromatic heterocycles. The van der Waals surface area contributed by atoms with Crippen LogP contribution in [0.5, 0.6) is 0 Å². The van der Waals surface area contributed by atoms with Gasteiger partial charge in [-0.2, -0.15) is 0 Å². The monoisotopic (exact) mass is 310 g/mol. The second-order valence-electron chi connectivity index (χ2n) is 6.26. The van der Waals surface area contributed by atoms with Crippen molar-refractivity contribution in [2.24, 2.45) is 11.8 Å². The van der Waals surface area contributed by atoms with Crippen molar-refractivity contribution in [2.75, 3.05) is 23.7 Å². The van der Waals surface area contributed by atoms with Crippen molar-refractivity contribution in [2.45, 2.75) is 44.3 Å². The van der Waals surface area contributed by atoms with E-state index in [-0.39, 0.29) is 5.75 Å². The fourth-order valence-corrected chi connectivity index (χ4v) is 3.53. The van der Waals surface area contributed by atoms with Crippen molar-refractivity contribution in [3.05, 3.63) is 0 Å².